The van der Waals surface area contributed by atoms with Crippen molar-refractivity contribution < 1.29 is 26.3 Å². The molecule has 3 aliphatic heterocycles. The molecule has 3 aromatic rings. The molecule has 2 atom stereocenters. The van der Waals surface area contributed by atoms with Crippen LogP contribution in [0, 0.1) is 0 Å². The van der Waals surface area contributed by atoms with Crippen LogP contribution < -0.4 is 15.5 Å². The Hall–Kier alpha value is -2.74. The summed E-state index contributed by atoms with van der Waals surface area (Å²) < 4.78 is 72.5. The van der Waals surface area contributed by atoms with Crippen molar-refractivity contribution in [3.63, 3.8) is 0 Å². The number of anilines is 3. The molecule has 208 valence electrons. The Labute approximate surface area is 228 Å². The Kier molecular flexibility index (Phi) is 6.81. The number of nitrogens with one attached hydrogen (secondary N) is 2. The van der Waals surface area contributed by atoms with Gasteiger partial charge in [-0.25, -0.2) is 18.4 Å². The zero-order valence-electron chi connectivity index (χ0n) is 21.2. The average molecular weight is 580 g/mol. The molecule has 3 aliphatic rings. The molecule has 0 spiro atoms. The third-order valence-electron chi connectivity index (χ3n) is 7.46. The second kappa shape index (κ2) is 10.0. The van der Waals surface area contributed by atoms with Crippen molar-refractivity contribution in [3.05, 3.63) is 46.5 Å². The van der Waals surface area contributed by atoms with Gasteiger partial charge in [-0.15, -0.1) is 11.3 Å². The lowest BCUT2D eigenvalue weighted by Gasteiger charge is -2.35. The Balaban J connectivity index is 1.33. The zero-order valence-corrected chi connectivity index (χ0v) is 22.8. The first kappa shape index (κ1) is 26.5. The number of hydrogen-bond donors (Lipinski definition) is 2. The normalized spacial score (nSPS) is 22.4. The SMILES string of the molecule is CCc1cc(N2C[C@H]3CC[C@@H](C2)N3)ccc1Nc1ncc(C(F)(F)F)c(-c2cc3c(s2)COCCS3(=O)=O)n1. The number of fused-ring (bicyclic) bond motifs is 3. The van der Waals surface area contributed by atoms with Gasteiger partial charge in [-0.05, 0) is 49.1 Å². The fraction of sp³-hybridized carbons (Fsp3) is 0.462. The van der Waals surface area contributed by atoms with Gasteiger partial charge in [0.05, 0.1) is 34.4 Å². The first-order valence-corrected chi connectivity index (χ1v) is 15.4. The van der Waals surface area contributed by atoms with E-state index in [2.05, 4.69) is 31.6 Å². The highest BCUT2D eigenvalue weighted by molar-refractivity contribution is 7.91. The van der Waals surface area contributed by atoms with Crippen molar-refractivity contribution in [3.8, 4) is 10.6 Å². The van der Waals surface area contributed by atoms with Gasteiger partial charge in [0.1, 0.15) is 5.56 Å². The number of benzene rings is 1. The maximum Gasteiger partial charge on any atom is 0.420 e. The summed E-state index contributed by atoms with van der Waals surface area (Å²) in [7, 11) is -3.66. The molecular formula is C26H28F3N5O3S2. The number of piperazine rings is 1. The number of alkyl halides is 3. The Morgan fingerprint density at radius 2 is 1.97 bits per heavy atom. The highest BCUT2D eigenvalue weighted by Gasteiger charge is 2.37. The molecule has 6 rings (SSSR count). The fourth-order valence-electron chi connectivity index (χ4n) is 5.49. The van der Waals surface area contributed by atoms with Crippen molar-refractivity contribution in [2.45, 2.75) is 55.9 Å². The van der Waals surface area contributed by atoms with E-state index in [4.69, 9.17) is 4.74 Å². The standard InChI is InChI=1S/C26H28F3N5O3S2/c1-2-15-9-18(34-12-16-3-4-17(13-34)31-16)5-6-20(15)32-25-30-11-19(26(27,28)29)24(33-25)21-10-23-22(38-21)14-37-7-8-39(23,35)36/h5-6,9-11,16-17,31H,2-4,7-8,12-14H2,1H3,(H,30,32,33)/t16-,17+. The Bertz CT molecular complexity index is 1500. The van der Waals surface area contributed by atoms with Gasteiger partial charge < -0.3 is 20.3 Å². The topological polar surface area (TPSA) is 96.5 Å². The minimum Gasteiger partial charge on any atom is -0.375 e. The molecule has 13 heteroatoms. The molecule has 39 heavy (non-hydrogen) atoms. The molecule has 0 radical (unpaired) electrons. The summed E-state index contributed by atoms with van der Waals surface area (Å²) in [6.45, 7) is 3.99. The molecule has 2 aromatic heterocycles. The second-order valence-corrected chi connectivity index (χ2v) is 13.3. The number of aromatic nitrogens is 2. The number of sulfone groups is 1. The van der Waals surface area contributed by atoms with Crippen LogP contribution in [0.25, 0.3) is 10.6 Å². The maximum atomic E-state index is 13.9. The van der Waals surface area contributed by atoms with Gasteiger partial charge in [0.2, 0.25) is 5.95 Å². The lowest BCUT2D eigenvalue weighted by atomic mass is 10.1. The third-order valence-corrected chi connectivity index (χ3v) is 10.4. The molecule has 2 bridgehead atoms. The van der Waals surface area contributed by atoms with Crippen molar-refractivity contribution in [2.24, 2.45) is 0 Å². The van der Waals surface area contributed by atoms with Gasteiger partial charge in [-0.3, -0.25) is 0 Å². The summed E-state index contributed by atoms with van der Waals surface area (Å²) in [4.78, 5) is 11.1. The smallest absolute Gasteiger partial charge is 0.375 e. The third kappa shape index (κ3) is 5.24. The Morgan fingerprint density at radius 3 is 2.69 bits per heavy atom. The van der Waals surface area contributed by atoms with Crippen LogP contribution in [0.3, 0.4) is 0 Å². The quantitative estimate of drug-likeness (QED) is 0.446. The lowest BCUT2D eigenvalue weighted by Crippen LogP contribution is -2.51. The maximum absolute atomic E-state index is 13.9. The molecule has 5 heterocycles. The van der Waals surface area contributed by atoms with Gasteiger partial charge in [0, 0.05) is 47.6 Å². The molecular weight excluding hydrogens is 551 g/mol. The summed E-state index contributed by atoms with van der Waals surface area (Å²) in [5.74, 6) is -0.215. The molecule has 8 nitrogen and oxygen atoms in total. The van der Waals surface area contributed by atoms with Gasteiger partial charge in [-0.2, -0.15) is 13.2 Å². The van der Waals surface area contributed by atoms with Crippen molar-refractivity contribution in [1.29, 1.82) is 0 Å². The van der Waals surface area contributed by atoms with Crippen LogP contribution in [0.4, 0.5) is 30.5 Å². The lowest BCUT2D eigenvalue weighted by molar-refractivity contribution is -0.137. The molecule has 0 aliphatic carbocycles. The van der Waals surface area contributed by atoms with E-state index in [0.29, 0.717) is 29.1 Å². The molecule has 2 N–H and O–H groups in total. The van der Waals surface area contributed by atoms with E-state index in [1.165, 1.54) is 18.9 Å². The highest BCUT2D eigenvalue weighted by atomic mass is 32.2. The van der Waals surface area contributed by atoms with Crippen molar-refractivity contribution >= 4 is 38.5 Å². The number of hydrogen-bond acceptors (Lipinski definition) is 9. The fourth-order valence-corrected chi connectivity index (χ4v) is 8.33. The molecule has 0 unspecified atom stereocenters. The number of halogens is 3. The summed E-state index contributed by atoms with van der Waals surface area (Å²) in [6.07, 6.45) is -0.902. The zero-order chi connectivity index (χ0) is 27.4. The Morgan fingerprint density at radius 1 is 1.21 bits per heavy atom. The average Bonchev–Trinajstić information content (AvgIpc) is 3.45. The number of aryl methyl sites for hydroxylation is 1. The highest BCUT2D eigenvalue weighted by Crippen LogP contribution is 2.42. The number of rotatable bonds is 5. The number of nitrogens with zero attached hydrogens (tertiary/aromatic N) is 3. The predicted molar refractivity (Wildman–Crippen MR) is 143 cm³/mol. The van der Waals surface area contributed by atoms with E-state index in [1.54, 1.807) is 0 Å². The minimum atomic E-state index is -4.72. The molecule has 1 aromatic carbocycles. The molecule has 0 amide bonds. The first-order chi connectivity index (χ1) is 18.6. The van der Waals surface area contributed by atoms with Gasteiger partial charge >= 0.3 is 6.18 Å². The monoisotopic (exact) mass is 579 g/mol. The number of ether oxygens (including phenoxy) is 1. The van der Waals surface area contributed by atoms with Gasteiger partial charge in [0.25, 0.3) is 0 Å². The van der Waals surface area contributed by atoms with Crippen LogP contribution in [0.2, 0.25) is 0 Å². The van der Waals surface area contributed by atoms with Crippen molar-refractivity contribution in [1.82, 2.24) is 15.3 Å². The number of thiophene rings is 1. The summed E-state index contributed by atoms with van der Waals surface area (Å²) in [5.41, 5.74) is 1.44. The van der Waals surface area contributed by atoms with Gasteiger partial charge in [0.15, 0.2) is 9.84 Å². The van der Waals surface area contributed by atoms with E-state index >= 15 is 0 Å². The van der Waals surface area contributed by atoms with E-state index in [0.717, 1.165) is 41.9 Å². The van der Waals surface area contributed by atoms with E-state index in [1.807, 2.05) is 19.1 Å². The van der Waals surface area contributed by atoms with Crippen LogP contribution >= 0.6 is 11.3 Å². The van der Waals surface area contributed by atoms with Crippen LogP contribution in [0.1, 0.15) is 35.8 Å². The van der Waals surface area contributed by atoms with Crippen LogP contribution in [0.5, 0.6) is 0 Å². The van der Waals surface area contributed by atoms with E-state index in [-0.39, 0.29) is 40.4 Å². The largest absolute Gasteiger partial charge is 0.420 e. The molecule has 0 saturated carbocycles. The summed E-state index contributed by atoms with van der Waals surface area (Å²) in [5, 5.41) is 6.73. The second-order valence-electron chi connectivity index (χ2n) is 10.1. The van der Waals surface area contributed by atoms with Crippen LogP contribution in [0.15, 0.2) is 35.4 Å². The minimum absolute atomic E-state index is 0.00312. The molecule has 2 fully saturated rings. The van der Waals surface area contributed by atoms with Crippen molar-refractivity contribution in [2.75, 3.05) is 35.7 Å². The van der Waals surface area contributed by atoms with Crippen LogP contribution in [-0.4, -0.2) is 55.9 Å². The van der Waals surface area contributed by atoms with E-state index < -0.39 is 21.6 Å². The van der Waals surface area contributed by atoms with Crippen LogP contribution in [-0.2, 0) is 33.8 Å². The first-order valence-electron chi connectivity index (χ1n) is 12.9. The molecule has 2 saturated heterocycles. The van der Waals surface area contributed by atoms with E-state index in [9.17, 15) is 21.6 Å². The predicted octanol–water partition coefficient (Wildman–Crippen LogP) is 4.77. The summed E-state index contributed by atoms with van der Waals surface area (Å²) in [6, 6.07) is 8.31. The summed E-state index contributed by atoms with van der Waals surface area (Å²) >= 11 is 0.947. The van der Waals surface area contributed by atoms with Gasteiger partial charge in [-0.1, -0.05) is 6.92 Å².